The van der Waals surface area contributed by atoms with Crippen LogP contribution in [0.2, 0.25) is 0 Å². The quantitative estimate of drug-likeness (QED) is 0.452. The van der Waals surface area contributed by atoms with Gasteiger partial charge in [0.2, 0.25) is 5.76 Å². The number of carbonyl (C=O) groups excluding carboxylic acids is 2. The van der Waals surface area contributed by atoms with Crippen LogP contribution in [-0.4, -0.2) is 38.9 Å². The number of carbonyl (C=O) groups is 2. The highest BCUT2D eigenvalue weighted by atomic mass is 19.4. The van der Waals surface area contributed by atoms with Gasteiger partial charge in [0.15, 0.2) is 6.61 Å². The minimum atomic E-state index is -4.65. The molecular formula is C14H13F3O6. The number of rotatable bonds is 6. The third kappa shape index (κ3) is 5.89. The van der Waals surface area contributed by atoms with Crippen LogP contribution in [0.5, 0.6) is 5.75 Å². The third-order valence-electron chi connectivity index (χ3n) is 2.31. The molecule has 126 valence electrons. The van der Waals surface area contributed by atoms with E-state index in [1.165, 1.54) is 31.4 Å². The average molecular weight is 334 g/mol. The minimum absolute atomic E-state index is 0.187. The minimum Gasteiger partial charge on any atom is -0.500 e. The van der Waals surface area contributed by atoms with E-state index in [4.69, 9.17) is 4.74 Å². The van der Waals surface area contributed by atoms with Crippen molar-refractivity contribution in [2.75, 3.05) is 20.8 Å². The molecule has 1 rings (SSSR count). The smallest absolute Gasteiger partial charge is 0.422 e. The first-order valence-corrected chi connectivity index (χ1v) is 6.10. The summed E-state index contributed by atoms with van der Waals surface area (Å²) in [5.74, 6) is -2.73. The van der Waals surface area contributed by atoms with Gasteiger partial charge in [-0.25, -0.2) is 9.59 Å². The Bertz CT molecular complexity index is 594. The Kier molecular flexibility index (Phi) is 6.43. The van der Waals surface area contributed by atoms with E-state index in [0.717, 1.165) is 13.4 Å². The molecule has 0 N–H and O–H groups in total. The monoisotopic (exact) mass is 334 g/mol. The molecule has 0 atom stereocenters. The van der Waals surface area contributed by atoms with Crippen LogP contribution in [-0.2, 0) is 19.0 Å². The number of halogens is 3. The molecule has 0 aromatic heterocycles. The van der Waals surface area contributed by atoms with Crippen molar-refractivity contribution in [2.45, 2.75) is 6.18 Å². The van der Waals surface area contributed by atoms with Crippen molar-refractivity contribution < 1.29 is 41.7 Å². The van der Waals surface area contributed by atoms with Gasteiger partial charge in [-0.2, -0.15) is 13.2 Å². The Hall–Kier alpha value is -2.71. The number of hydrogen-bond acceptors (Lipinski definition) is 6. The summed E-state index contributed by atoms with van der Waals surface area (Å²) in [6.07, 6.45) is -3.73. The summed E-state index contributed by atoms with van der Waals surface area (Å²) in [4.78, 5) is 23.2. The Morgan fingerprint density at radius 3 is 2.39 bits per heavy atom. The summed E-state index contributed by atoms with van der Waals surface area (Å²) < 4.78 is 54.7. The highest BCUT2D eigenvalue weighted by Crippen LogP contribution is 2.23. The summed E-state index contributed by atoms with van der Waals surface area (Å²) in [5.41, 5.74) is -0.289. The molecule has 23 heavy (non-hydrogen) atoms. The molecule has 0 fully saturated rings. The number of ether oxygens (including phenoxy) is 4. The Balaban J connectivity index is 2.98. The van der Waals surface area contributed by atoms with E-state index in [1.807, 2.05) is 0 Å². The topological polar surface area (TPSA) is 71.1 Å². The van der Waals surface area contributed by atoms with Crippen LogP contribution in [0.1, 0.15) is 10.4 Å². The standard InChI is InChI=1S/C14H13F3O6/c1-20-7-11(13(19)21-2)23-10-6-4-3-5-9(10)12(18)22-8-14(15,16)17/h3-7H,8H2,1-2H3/b11-7+. The fourth-order valence-corrected chi connectivity index (χ4v) is 1.39. The third-order valence-corrected chi connectivity index (χ3v) is 2.31. The van der Waals surface area contributed by atoms with Crippen molar-refractivity contribution in [1.29, 1.82) is 0 Å². The van der Waals surface area contributed by atoms with Gasteiger partial charge in [0.05, 0.1) is 14.2 Å². The lowest BCUT2D eigenvalue weighted by Gasteiger charge is -2.12. The molecule has 6 nitrogen and oxygen atoms in total. The van der Waals surface area contributed by atoms with E-state index in [0.29, 0.717) is 0 Å². The second kappa shape index (κ2) is 8.06. The number of alkyl halides is 3. The van der Waals surface area contributed by atoms with Crippen molar-refractivity contribution >= 4 is 11.9 Å². The van der Waals surface area contributed by atoms with Gasteiger partial charge in [0.25, 0.3) is 0 Å². The van der Waals surface area contributed by atoms with Crippen LogP contribution in [0.15, 0.2) is 36.3 Å². The van der Waals surface area contributed by atoms with E-state index >= 15 is 0 Å². The van der Waals surface area contributed by atoms with Gasteiger partial charge in [-0.15, -0.1) is 0 Å². The van der Waals surface area contributed by atoms with Gasteiger partial charge >= 0.3 is 18.1 Å². The Labute approximate surface area is 129 Å². The summed E-state index contributed by atoms with van der Waals surface area (Å²) in [6.45, 7) is -1.74. The normalized spacial score (nSPS) is 11.6. The Morgan fingerprint density at radius 2 is 1.83 bits per heavy atom. The Morgan fingerprint density at radius 1 is 1.17 bits per heavy atom. The van der Waals surface area contributed by atoms with E-state index < -0.39 is 30.5 Å². The number of para-hydroxylation sites is 1. The fourth-order valence-electron chi connectivity index (χ4n) is 1.39. The van der Waals surface area contributed by atoms with Crippen molar-refractivity contribution in [2.24, 2.45) is 0 Å². The summed E-state index contributed by atoms with van der Waals surface area (Å²) in [6, 6.07) is 5.32. The molecule has 0 aliphatic carbocycles. The van der Waals surface area contributed by atoms with Crippen molar-refractivity contribution in [3.8, 4) is 5.75 Å². The summed E-state index contributed by atoms with van der Waals surface area (Å²) in [5, 5.41) is 0. The number of methoxy groups -OCH3 is 2. The number of esters is 2. The lowest BCUT2D eigenvalue weighted by molar-refractivity contribution is -0.161. The van der Waals surface area contributed by atoms with Crippen LogP contribution in [0.3, 0.4) is 0 Å². The van der Waals surface area contributed by atoms with Crippen LogP contribution in [0.25, 0.3) is 0 Å². The zero-order chi connectivity index (χ0) is 17.5. The van der Waals surface area contributed by atoms with Crippen LogP contribution in [0.4, 0.5) is 13.2 Å². The molecule has 0 spiro atoms. The molecule has 0 saturated carbocycles. The maximum Gasteiger partial charge on any atom is 0.422 e. The highest BCUT2D eigenvalue weighted by molar-refractivity contribution is 5.93. The molecule has 0 heterocycles. The molecule has 9 heteroatoms. The molecule has 1 aromatic carbocycles. The summed E-state index contributed by atoms with van der Waals surface area (Å²) in [7, 11) is 2.34. The first-order valence-electron chi connectivity index (χ1n) is 6.10. The maximum absolute atomic E-state index is 12.1. The zero-order valence-corrected chi connectivity index (χ0v) is 12.2. The van der Waals surface area contributed by atoms with Gasteiger partial charge in [-0.1, -0.05) is 12.1 Å². The lowest BCUT2D eigenvalue weighted by atomic mass is 10.2. The van der Waals surface area contributed by atoms with E-state index in [2.05, 4.69) is 14.2 Å². The molecule has 1 aromatic rings. The first kappa shape index (κ1) is 18.3. The van der Waals surface area contributed by atoms with Crippen LogP contribution >= 0.6 is 0 Å². The van der Waals surface area contributed by atoms with Crippen LogP contribution in [0, 0.1) is 0 Å². The zero-order valence-electron chi connectivity index (χ0n) is 12.2. The predicted molar refractivity (Wildman–Crippen MR) is 70.5 cm³/mol. The molecule has 0 unspecified atom stereocenters. The number of hydrogen-bond donors (Lipinski definition) is 0. The number of benzene rings is 1. The first-order chi connectivity index (χ1) is 10.8. The van der Waals surface area contributed by atoms with Crippen molar-refractivity contribution in [3.05, 3.63) is 41.9 Å². The second-order valence-electron chi connectivity index (χ2n) is 4.00. The van der Waals surface area contributed by atoms with Gasteiger partial charge in [-0.05, 0) is 12.1 Å². The molecule has 0 saturated heterocycles. The highest BCUT2D eigenvalue weighted by Gasteiger charge is 2.30. The van der Waals surface area contributed by atoms with Crippen molar-refractivity contribution in [3.63, 3.8) is 0 Å². The fraction of sp³-hybridized carbons (Fsp3) is 0.286. The molecule has 0 bridgehead atoms. The molecule has 0 radical (unpaired) electrons. The van der Waals surface area contributed by atoms with Crippen LogP contribution < -0.4 is 4.74 Å². The lowest BCUT2D eigenvalue weighted by Crippen LogP contribution is -2.21. The van der Waals surface area contributed by atoms with E-state index in [-0.39, 0.29) is 11.3 Å². The molecule has 0 aliphatic heterocycles. The van der Waals surface area contributed by atoms with Gasteiger partial charge in [0.1, 0.15) is 17.6 Å². The van der Waals surface area contributed by atoms with Gasteiger partial charge in [-0.3, -0.25) is 0 Å². The predicted octanol–water partition coefficient (Wildman–Crippen LogP) is 2.45. The molecule has 0 amide bonds. The maximum atomic E-state index is 12.1. The second-order valence-corrected chi connectivity index (χ2v) is 4.00. The van der Waals surface area contributed by atoms with E-state index in [1.54, 1.807) is 0 Å². The average Bonchev–Trinajstić information content (AvgIpc) is 2.51. The van der Waals surface area contributed by atoms with E-state index in [9.17, 15) is 22.8 Å². The van der Waals surface area contributed by atoms with Gasteiger partial charge in [0, 0.05) is 0 Å². The van der Waals surface area contributed by atoms with Crippen molar-refractivity contribution in [1.82, 2.24) is 0 Å². The SMILES string of the molecule is CO/C=C(/Oc1ccccc1C(=O)OCC(F)(F)F)C(=O)OC. The van der Waals surface area contributed by atoms with Gasteiger partial charge < -0.3 is 18.9 Å². The molecule has 0 aliphatic rings. The largest absolute Gasteiger partial charge is 0.500 e. The summed E-state index contributed by atoms with van der Waals surface area (Å²) >= 11 is 0. The molecular weight excluding hydrogens is 321 g/mol.